The van der Waals surface area contributed by atoms with Gasteiger partial charge in [-0.1, -0.05) is 42.5 Å². The molecular formula is C25H24FN3O4S. The number of anilines is 2. The van der Waals surface area contributed by atoms with Gasteiger partial charge in [0.25, 0.3) is 15.9 Å². The van der Waals surface area contributed by atoms with Crippen LogP contribution in [0.3, 0.4) is 0 Å². The molecule has 0 radical (unpaired) electrons. The fourth-order valence-corrected chi connectivity index (χ4v) is 5.31. The molecule has 3 aromatic rings. The normalized spacial score (nSPS) is 13.5. The molecule has 0 saturated carbocycles. The summed E-state index contributed by atoms with van der Waals surface area (Å²) >= 11 is 0. The Bertz CT molecular complexity index is 1290. The molecule has 1 aliphatic heterocycles. The number of likely N-dealkylation sites (tertiary alicyclic amines) is 1. The Morgan fingerprint density at radius 3 is 2.21 bits per heavy atom. The van der Waals surface area contributed by atoms with Crippen LogP contribution in [-0.4, -0.2) is 44.8 Å². The highest BCUT2D eigenvalue weighted by atomic mass is 32.2. The SMILES string of the molecule is O=C(CN(c1ccccc1F)S(=O)(=O)c1ccccc1)Nc1ccccc1C(=O)N1CCCC1. The maximum atomic E-state index is 14.6. The minimum absolute atomic E-state index is 0.0735. The third-order valence-corrected chi connectivity index (χ3v) is 7.34. The quantitative estimate of drug-likeness (QED) is 0.555. The number of rotatable bonds is 7. The Labute approximate surface area is 197 Å². The lowest BCUT2D eigenvalue weighted by Crippen LogP contribution is -2.39. The molecule has 0 atom stereocenters. The summed E-state index contributed by atoms with van der Waals surface area (Å²) in [5.41, 5.74) is 0.346. The number of halogens is 1. The number of amides is 2. The fourth-order valence-electron chi connectivity index (χ4n) is 3.86. The van der Waals surface area contributed by atoms with Gasteiger partial charge in [0, 0.05) is 13.1 Å². The molecule has 1 N–H and O–H groups in total. The zero-order valence-electron chi connectivity index (χ0n) is 18.4. The molecule has 0 unspecified atom stereocenters. The van der Waals surface area contributed by atoms with Crippen LogP contribution in [0.15, 0.2) is 83.8 Å². The largest absolute Gasteiger partial charge is 0.339 e. The van der Waals surface area contributed by atoms with Gasteiger partial charge in [0.15, 0.2) is 0 Å². The van der Waals surface area contributed by atoms with Crippen LogP contribution in [0.25, 0.3) is 0 Å². The first kappa shape index (κ1) is 23.4. The van der Waals surface area contributed by atoms with Gasteiger partial charge in [-0.3, -0.25) is 13.9 Å². The van der Waals surface area contributed by atoms with Crippen molar-refractivity contribution in [2.45, 2.75) is 17.7 Å². The zero-order valence-corrected chi connectivity index (χ0v) is 19.2. The second-order valence-electron chi connectivity index (χ2n) is 7.87. The summed E-state index contributed by atoms with van der Waals surface area (Å²) in [6, 6.07) is 19.4. The number of nitrogens with zero attached hydrogens (tertiary/aromatic N) is 2. The van der Waals surface area contributed by atoms with Crippen molar-refractivity contribution in [2.24, 2.45) is 0 Å². The van der Waals surface area contributed by atoms with E-state index in [1.165, 1.54) is 30.3 Å². The molecule has 176 valence electrons. The van der Waals surface area contributed by atoms with E-state index < -0.39 is 28.3 Å². The van der Waals surface area contributed by atoms with E-state index in [1.54, 1.807) is 47.4 Å². The minimum Gasteiger partial charge on any atom is -0.339 e. The van der Waals surface area contributed by atoms with Crippen molar-refractivity contribution in [2.75, 3.05) is 29.3 Å². The van der Waals surface area contributed by atoms with Crippen molar-refractivity contribution in [1.82, 2.24) is 4.90 Å². The Hall–Kier alpha value is -3.72. The lowest BCUT2D eigenvalue weighted by atomic mass is 10.1. The summed E-state index contributed by atoms with van der Waals surface area (Å²) in [5.74, 6) is -1.68. The molecule has 0 bridgehead atoms. The molecule has 0 aromatic heterocycles. The fraction of sp³-hybridized carbons (Fsp3) is 0.200. The van der Waals surface area contributed by atoms with E-state index in [2.05, 4.69) is 5.32 Å². The average Bonchev–Trinajstić information content (AvgIpc) is 3.39. The molecule has 1 aliphatic rings. The zero-order chi connectivity index (χ0) is 24.1. The summed E-state index contributed by atoms with van der Waals surface area (Å²) < 4.78 is 42.0. The van der Waals surface area contributed by atoms with E-state index >= 15 is 0 Å². The lowest BCUT2D eigenvalue weighted by Gasteiger charge is -2.25. The summed E-state index contributed by atoms with van der Waals surface area (Å²) in [6.07, 6.45) is 1.85. The maximum absolute atomic E-state index is 14.6. The van der Waals surface area contributed by atoms with Gasteiger partial charge in [0.05, 0.1) is 21.8 Å². The number of carbonyl (C=O) groups is 2. The second kappa shape index (κ2) is 10.0. The predicted molar refractivity (Wildman–Crippen MR) is 128 cm³/mol. The van der Waals surface area contributed by atoms with E-state index in [0.717, 1.165) is 23.2 Å². The van der Waals surface area contributed by atoms with Crippen LogP contribution in [-0.2, 0) is 14.8 Å². The smallest absolute Gasteiger partial charge is 0.264 e. The Kier molecular flexibility index (Phi) is 6.93. The summed E-state index contributed by atoms with van der Waals surface area (Å²) in [4.78, 5) is 27.6. The predicted octanol–water partition coefficient (Wildman–Crippen LogP) is 3.90. The molecule has 0 aliphatic carbocycles. The van der Waals surface area contributed by atoms with E-state index in [4.69, 9.17) is 0 Å². The Morgan fingerprint density at radius 2 is 1.50 bits per heavy atom. The molecule has 1 fully saturated rings. The van der Waals surface area contributed by atoms with Crippen molar-refractivity contribution >= 4 is 33.2 Å². The molecular weight excluding hydrogens is 457 g/mol. The third-order valence-electron chi connectivity index (χ3n) is 5.56. The van der Waals surface area contributed by atoms with Crippen LogP contribution in [0.5, 0.6) is 0 Å². The van der Waals surface area contributed by atoms with E-state index in [-0.39, 0.29) is 22.2 Å². The van der Waals surface area contributed by atoms with Crippen LogP contribution in [0.2, 0.25) is 0 Å². The van der Waals surface area contributed by atoms with Gasteiger partial charge in [-0.15, -0.1) is 0 Å². The van der Waals surface area contributed by atoms with E-state index in [1.807, 2.05) is 0 Å². The first-order valence-corrected chi connectivity index (χ1v) is 12.3. The van der Waals surface area contributed by atoms with Gasteiger partial charge in [0.1, 0.15) is 12.4 Å². The monoisotopic (exact) mass is 481 g/mol. The van der Waals surface area contributed by atoms with Gasteiger partial charge in [-0.2, -0.15) is 0 Å². The van der Waals surface area contributed by atoms with Crippen LogP contribution in [0.4, 0.5) is 15.8 Å². The number of sulfonamides is 1. The Balaban J connectivity index is 1.63. The van der Waals surface area contributed by atoms with Crippen LogP contribution >= 0.6 is 0 Å². The summed E-state index contributed by atoms with van der Waals surface area (Å²) in [7, 11) is -4.25. The van der Waals surface area contributed by atoms with E-state index in [9.17, 15) is 22.4 Å². The van der Waals surface area contributed by atoms with Crippen molar-refractivity contribution in [3.05, 3.63) is 90.2 Å². The first-order valence-electron chi connectivity index (χ1n) is 10.9. The van der Waals surface area contributed by atoms with Gasteiger partial charge >= 0.3 is 0 Å². The highest BCUT2D eigenvalue weighted by Crippen LogP contribution is 2.27. The van der Waals surface area contributed by atoms with Crippen molar-refractivity contribution in [3.63, 3.8) is 0 Å². The highest BCUT2D eigenvalue weighted by molar-refractivity contribution is 7.92. The van der Waals surface area contributed by atoms with Crippen LogP contribution in [0.1, 0.15) is 23.2 Å². The van der Waals surface area contributed by atoms with Gasteiger partial charge in [0.2, 0.25) is 5.91 Å². The highest BCUT2D eigenvalue weighted by Gasteiger charge is 2.29. The van der Waals surface area contributed by atoms with Crippen LogP contribution < -0.4 is 9.62 Å². The molecule has 7 nitrogen and oxygen atoms in total. The molecule has 34 heavy (non-hydrogen) atoms. The molecule has 1 heterocycles. The number of benzene rings is 3. The molecule has 1 saturated heterocycles. The molecule has 4 rings (SSSR count). The van der Waals surface area contributed by atoms with E-state index in [0.29, 0.717) is 18.7 Å². The van der Waals surface area contributed by atoms with Crippen molar-refractivity contribution in [3.8, 4) is 0 Å². The standard InChI is InChI=1S/C25H24FN3O4S/c26-21-13-5-7-15-23(21)29(34(32,33)19-10-2-1-3-11-19)18-24(30)27-22-14-6-4-12-20(22)25(31)28-16-8-9-17-28/h1-7,10-15H,8-9,16-18H2,(H,27,30). The number of para-hydroxylation sites is 2. The lowest BCUT2D eigenvalue weighted by molar-refractivity contribution is -0.114. The van der Waals surface area contributed by atoms with Crippen LogP contribution in [0, 0.1) is 5.82 Å². The van der Waals surface area contributed by atoms with Gasteiger partial charge in [-0.25, -0.2) is 12.8 Å². The number of hydrogen-bond donors (Lipinski definition) is 1. The number of carbonyl (C=O) groups excluding carboxylic acids is 2. The van der Waals surface area contributed by atoms with Crippen molar-refractivity contribution < 1.29 is 22.4 Å². The summed E-state index contributed by atoms with van der Waals surface area (Å²) in [6.45, 7) is 0.624. The molecule has 2 amide bonds. The van der Waals surface area contributed by atoms with Gasteiger partial charge in [-0.05, 0) is 49.2 Å². The Morgan fingerprint density at radius 1 is 0.882 bits per heavy atom. The first-order chi connectivity index (χ1) is 16.4. The topological polar surface area (TPSA) is 86.8 Å². The molecule has 3 aromatic carbocycles. The molecule has 0 spiro atoms. The maximum Gasteiger partial charge on any atom is 0.264 e. The number of hydrogen-bond acceptors (Lipinski definition) is 4. The average molecular weight is 482 g/mol. The minimum atomic E-state index is -4.25. The molecule has 9 heteroatoms. The summed E-state index contributed by atoms with van der Waals surface area (Å²) in [5, 5.41) is 2.64. The number of nitrogens with one attached hydrogen (secondary N) is 1. The van der Waals surface area contributed by atoms with Crippen molar-refractivity contribution in [1.29, 1.82) is 0 Å². The van der Waals surface area contributed by atoms with Gasteiger partial charge < -0.3 is 10.2 Å². The second-order valence-corrected chi connectivity index (χ2v) is 9.73. The third kappa shape index (κ3) is 4.94.